The summed E-state index contributed by atoms with van der Waals surface area (Å²) in [5.41, 5.74) is 2.62. The van der Waals surface area contributed by atoms with Crippen LogP contribution in [-0.4, -0.2) is 34.2 Å². The second-order valence-electron chi connectivity index (χ2n) is 7.55. The van der Waals surface area contributed by atoms with Crippen LogP contribution in [0.25, 0.3) is 16.9 Å². The van der Waals surface area contributed by atoms with E-state index in [0.29, 0.717) is 12.4 Å². The third-order valence-electron chi connectivity index (χ3n) is 4.81. The van der Waals surface area contributed by atoms with Crippen molar-refractivity contribution in [1.29, 1.82) is 0 Å². The zero-order valence-electron chi connectivity index (χ0n) is 17.0. The molecule has 0 saturated carbocycles. The largest absolute Gasteiger partial charge is 0.491 e. The number of hydrogen-bond donors (Lipinski definition) is 2. The van der Waals surface area contributed by atoms with E-state index in [2.05, 4.69) is 15.7 Å². The Morgan fingerprint density at radius 1 is 1.17 bits per heavy atom. The first kappa shape index (κ1) is 19.7. The highest BCUT2D eigenvalue weighted by atomic mass is 16.5. The Labute approximate surface area is 175 Å². The molecule has 2 N–H and O–H groups in total. The highest BCUT2D eigenvalue weighted by molar-refractivity contribution is 5.97. The van der Waals surface area contributed by atoms with Crippen molar-refractivity contribution < 1.29 is 14.3 Å². The van der Waals surface area contributed by atoms with Crippen molar-refractivity contribution >= 4 is 17.6 Å². The maximum atomic E-state index is 12.6. The van der Waals surface area contributed by atoms with Crippen molar-refractivity contribution in [2.75, 3.05) is 11.9 Å². The van der Waals surface area contributed by atoms with Gasteiger partial charge in [0.1, 0.15) is 5.75 Å². The Hall–Kier alpha value is -3.61. The van der Waals surface area contributed by atoms with Gasteiger partial charge in [0.15, 0.2) is 5.82 Å². The second kappa shape index (κ2) is 8.41. The Balaban J connectivity index is 1.68. The lowest BCUT2D eigenvalue weighted by Crippen LogP contribution is -2.24. The van der Waals surface area contributed by atoms with Crippen molar-refractivity contribution in [3.8, 4) is 22.7 Å². The molecule has 1 aliphatic rings. The highest BCUT2D eigenvalue weighted by Crippen LogP contribution is 2.29. The third kappa shape index (κ3) is 4.35. The van der Waals surface area contributed by atoms with Gasteiger partial charge in [-0.15, -0.1) is 5.10 Å². The molecule has 0 unspecified atom stereocenters. The van der Waals surface area contributed by atoms with Gasteiger partial charge in [0.2, 0.25) is 11.8 Å². The molecule has 3 aromatic rings. The molecule has 0 spiro atoms. The molecule has 1 aromatic heterocycles. The minimum absolute atomic E-state index is 0.0665. The zero-order valence-corrected chi connectivity index (χ0v) is 17.0. The second-order valence-corrected chi connectivity index (χ2v) is 7.55. The van der Waals surface area contributed by atoms with Gasteiger partial charge < -0.3 is 15.4 Å². The lowest BCUT2D eigenvalue weighted by Gasteiger charge is -2.12. The van der Waals surface area contributed by atoms with Crippen LogP contribution in [-0.2, 0) is 9.59 Å². The topological polar surface area (TPSA) is 85.2 Å². The molecule has 2 amide bonds. The number of ether oxygens (including phenoxy) is 1. The average molecular weight is 404 g/mol. The summed E-state index contributed by atoms with van der Waals surface area (Å²) in [6, 6.07) is 19.4. The highest BCUT2D eigenvalue weighted by Gasteiger charge is 2.28. The van der Waals surface area contributed by atoms with E-state index in [0.717, 1.165) is 22.7 Å². The van der Waals surface area contributed by atoms with Crippen LogP contribution in [0.1, 0.15) is 20.3 Å². The maximum absolute atomic E-state index is 12.6. The molecule has 1 fully saturated rings. The number of benzene rings is 2. The van der Waals surface area contributed by atoms with E-state index in [9.17, 15) is 9.59 Å². The molecule has 0 aliphatic carbocycles. The molecular weight excluding hydrogens is 380 g/mol. The lowest BCUT2D eigenvalue weighted by atomic mass is 10.1. The maximum Gasteiger partial charge on any atom is 0.230 e. The van der Waals surface area contributed by atoms with Crippen molar-refractivity contribution in [3.05, 3.63) is 60.7 Å². The van der Waals surface area contributed by atoms with Crippen molar-refractivity contribution in [3.63, 3.8) is 0 Å². The minimum atomic E-state index is -0.384. The first-order valence-electron chi connectivity index (χ1n) is 10.00. The van der Waals surface area contributed by atoms with E-state index in [1.165, 1.54) is 0 Å². The summed E-state index contributed by atoms with van der Waals surface area (Å²) in [4.78, 5) is 24.0. The fourth-order valence-corrected chi connectivity index (χ4v) is 3.43. The first-order valence-corrected chi connectivity index (χ1v) is 10.00. The number of aromatic nitrogens is 2. The Morgan fingerprint density at radius 3 is 2.67 bits per heavy atom. The first-order chi connectivity index (χ1) is 14.5. The normalized spacial score (nSPS) is 15.8. The van der Waals surface area contributed by atoms with Crippen molar-refractivity contribution in [2.24, 2.45) is 5.92 Å². The van der Waals surface area contributed by atoms with Gasteiger partial charge in [0.25, 0.3) is 0 Å². The summed E-state index contributed by atoms with van der Waals surface area (Å²) in [7, 11) is 0. The summed E-state index contributed by atoms with van der Waals surface area (Å²) >= 11 is 0. The molecule has 154 valence electrons. The average Bonchev–Trinajstić information content (AvgIpc) is 3.35. The van der Waals surface area contributed by atoms with E-state index < -0.39 is 0 Å². The summed E-state index contributed by atoms with van der Waals surface area (Å²) in [5, 5.41) is 10.2. The Bertz CT molecular complexity index is 1060. The van der Waals surface area contributed by atoms with Gasteiger partial charge in [-0.3, -0.25) is 9.59 Å². The van der Waals surface area contributed by atoms with Crippen LogP contribution in [0.2, 0.25) is 0 Å². The predicted octanol–water partition coefficient (Wildman–Crippen LogP) is 3.40. The number of hydrogen-bond acceptors (Lipinski definition) is 4. The van der Waals surface area contributed by atoms with Gasteiger partial charge in [-0.05, 0) is 38.1 Å². The van der Waals surface area contributed by atoms with E-state index in [4.69, 9.17) is 4.74 Å². The van der Waals surface area contributed by atoms with Crippen LogP contribution < -0.4 is 15.4 Å². The van der Waals surface area contributed by atoms with Gasteiger partial charge in [-0.2, -0.15) is 0 Å². The van der Waals surface area contributed by atoms with E-state index in [-0.39, 0.29) is 30.3 Å². The van der Waals surface area contributed by atoms with Crippen molar-refractivity contribution in [1.82, 2.24) is 15.1 Å². The number of carbonyl (C=O) groups is 2. The molecule has 7 nitrogen and oxygen atoms in total. The van der Waals surface area contributed by atoms with Gasteiger partial charge in [-0.1, -0.05) is 30.3 Å². The monoisotopic (exact) mass is 404 g/mol. The summed E-state index contributed by atoms with van der Waals surface area (Å²) in [5.74, 6) is 0.505. The Kier molecular flexibility index (Phi) is 5.52. The van der Waals surface area contributed by atoms with E-state index >= 15 is 0 Å². The molecule has 2 aromatic carbocycles. The van der Waals surface area contributed by atoms with Crippen LogP contribution >= 0.6 is 0 Å². The molecule has 0 radical (unpaired) electrons. The molecule has 2 heterocycles. The molecule has 0 bridgehead atoms. The van der Waals surface area contributed by atoms with E-state index in [1.807, 2.05) is 74.5 Å². The molecular formula is C23H24N4O3. The predicted molar refractivity (Wildman–Crippen MR) is 115 cm³/mol. The van der Waals surface area contributed by atoms with Gasteiger partial charge in [-0.25, -0.2) is 4.68 Å². The smallest absolute Gasteiger partial charge is 0.230 e. The molecule has 30 heavy (non-hydrogen) atoms. The fraction of sp³-hybridized carbons (Fsp3) is 0.261. The van der Waals surface area contributed by atoms with Crippen LogP contribution in [0.4, 0.5) is 5.82 Å². The number of anilines is 1. The summed E-state index contributed by atoms with van der Waals surface area (Å²) in [6.45, 7) is 4.32. The SMILES string of the molecule is CC(C)Oc1cccc(-c2cc(NC(=O)[C@H]3CNC(=O)C3)nn2-c2ccccc2)c1. The standard InChI is InChI=1S/C23H24N4O3/c1-15(2)30-19-10-6-7-16(11-19)20-13-21(25-23(29)17-12-22(28)24-14-17)26-27(20)18-8-4-3-5-9-18/h3-11,13,15,17H,12,14H2,1-2H3,(H,24,28)(H,25,26,29)/t17-/m1/s1. The number of amides is 2. The Morgan fingerprint density at radius 2 is 1.97 bits per heavy atom. The van der Waals surface area contributed by atoms with Crippen LogP contribution in [0.5, 0.6) is 5.75 Å². The number of para-hydroxylation sites is 1. The molecule has 7 heteroatoms. The van der Waals surface area contributed by atoms with Crippen LogP contribution in [0.3, 0.4) is 0 Å². The molecule has 1 atom stereocenters. The minimum Gasteiger partial charge on any atom is -0.491 e. The fourth-order valence-electron chi connectivity index (χ4n) is 3.43. The summed E-state index contributed by atoms with van der Waals surface area (Å²) in [6.07, 6.45) is 0.268. The molecule has 4 rings (SSSR count). The number of carbonyl (C=O) groups excluding carboxylic acids is 2. The lowest BCUT2D eigenvalue weighted by molar-refractivity contribution is -0.123. The van der Waals surface area contributed by atoms with Gasteiger partial charge in [0, 0.05) is 24.6 Å². The number of nitrogens with one attached hydrogen (secondary N) is 2. The third-order valence-corrected chi connectivity index (χ3v) is 4.81. The van der Waals surface area contributed by atoms with Crippen LogP contribution in [0, 0.1) is 5.92 Å². The van der Waals surface area contributed by atoms with Crippen molar-refractivity contribution in [2.45, 2.75) is 26.4 Å². The van der Waals surface area contributed by atoms with Crippen LogP contribution in [0.15, 0.2) is 60.7 Å². The van der Waals surface area contributed by atoms with Gasteiger partial charge in [0.05, 0.1) is 23.4 Å². The quantitative estimate of drug-likeness (QED) is 0.659. The zero-order chi connectivity index (χ0) is 21.1. The van der Waals surface area contributed by atoms with E-state index in [1.54, 1.807) is 4.68 Å². The number of rotatable bonds is 6. The summed E-state index contributed by atoms with van der Waals surface area (Å²) < 4.78 is 7.63. The molecule has 1 saturated heterocycles. The number of nitrogens with zero attached hydrogens (tertiary/aromatic N) is 2. The molecule has 1 aliphatic heterocycles. The van der Waals surface area contributed by atoms with Gasteiger partial charge >= 0.3 is 0 Å².